The molecule has 1 aromatic heterocycles. The Kier molecular flexibility index (Phi) is 4.79. The number of morpholine rings is 1. The van der Waals surface area contributed by atoms with E-state index in [1.807, 2.05) is 6.20 Å². The second kappa shape index (κ2) is 5.65. The van der Waals surface area contributed by atoms with Gasteiger partial charge in [-0.15, -0.1) is 23.7 Å². The van der Waals surface area contributed by atoms with Crippen LogP contribution in [0.3, 0.4) is 0 Å². The maximum Gasteiger partial charge on any atom is 0.180 e. The third-order valence-electron chi connectivity index (χ3n) is 2.44. The third kappa shape index (κ3) is 3.31. The molecule has 1 aliphatic heterocycles. The first-order chi connectivity index (χ1) is 6.75. The Hall–Kier alpha value is -0.360. The van der Waals surface area contributed by atoms with Gasteiger partial charge in [0.2, 0.25) is 0 Å². The van der Waals surface area contributed by atoms with E-state index in [-0.39, 0.29) is 12.4 Å². The zero-order valence-electron chi connectivity index (χ0n) is 8.68. The summed E-state index contributed by atoms with van der Waals surface area (Å²) >= 11 is 1.57. The van der Waals surface area contributed by atoms with E-state index in [2.05, 4.69) is 16.8 Å². The number of nitrogens with two attached hydrogens (primary N) is 1. The minimum absolute atomic E-state index is 0. The number of nitrogen functional groups attached to an aromatic ring is 1. The lowest BCUT2D eigenvalue weighted by atomic mass is 10.2. The second-order valence-electron chi connectivity index (χ2n) is 3.56. The van der Waals surface area contributed by atoms with E-state index in [1.165, 1.54) is 4.88 Å². The van der Waals surface area contributed by atoms with Gasteiger partial charge < -0.3 is 10.5 Å². The number of hydrogen-bond donors (Lipinski definition) is 1. The highest BCUT2D eigenvalue weighted by atomic mass is 35.5. The van der Waals surface area contributed by atoms with Crippen molar-refractivity contribution < 1.29 is 4.74 Å². The average Bonchev–Trinajstić information content (AvgIpc) is 2.56. The normalized spacial score (nSPS) is 22.3. The van der Waals surface area contributed by atoms with Gasteiger partial charge >= 0.3 is 0 Å². The smallest absolute Gasteiger partial charge is 0.180 e. The molecule has 86 valence electrons. The Labute approximate surface area is 99.8 Å². The number of hydrogen-bond acceptors (Lipinski definition) is 5. The number of nitrogens with zero attached hydrogens (tertiary/aromatic N) is 2. The Morgan fingerprint density at radius 2 is 2.53 bits per heavy atom. The van der Waals surface area contributed by atoms with Crippen LogP contribution in [-0.2, 0) is 11.3 Å². The molecule has 1 atom stereocenters. The highest BCUT2D eigenvalue weighted by Crippen LogP contribution is 2.18. The molecule has 0 saturated carbocycles. The fourth-order valence-corrected chi connectivity index (χ4v) is 2.30. The lowest BCUT2D eigenvalue weighted by Gasteiger charge is -2.32. The number of anilines is 1. The fourth-order valence-electron chi connectivity index (χ4n) is 1.59. The van der Waals surface area contributed by atoms with E-state index < -0.39 is 0 Å². The van der Waals surface area contributed by atoms with Gasteiger partial charge in [0.1, 0.15) is 0 Å². The van der Waals surface area contributed by atoms with Crippen molar-refractivity contribution in [3.8, 4) is 0 Å². The first-order valence-corrected chi connectivity index (χ1v) is 5.59. The van der Waals surface area contributed by atoms with Crippen molar-refractivity contribution in [2.45, 2.75) is 19.5 Å². The summed E-state index contributed by atoms with van der Waals surface area (Å²) in [7, 11) is 0. The van der Waals surface area contributed by atoms with E-state index in [1.54, 1.807) is 11.3 Å². The van der Waals surface area contributed by atoms with Gasteiger partial charge in [0, 0.05) is 30.2 Å². The SMILES string of the molecule is CC1COCCN1Cc1cnc(N)s1.Cl. The molecule has 1 unspecified atom stereocenters. The molecule has 2 rings (SSSR count). The van der Waals surface area contributed by atoms with Crippen molar-refractivity contribution in [2.75, 3.05) is 25.5 Å². The molecule has 0 aromatic carbocycles. The fraction of sp³-hybridized carbons (Fsp3) is 0.667. The molecule has 0 spiro atoms. The minimum Gasteiger partial charge on any atom is -0.379 e. The highest BCUT2D eigenvalue weighted by molar-refractivity contribution is 7.15. The highest BCUT2D eigenvalue weighted by Gasteiger charge is 2.19. The van der Waals surface area contributed by atoms with Crippen molar-refractivity contribution in [1.29, 1.82) is 0 Å². The topological polar surface area (TPSA) is 51.4 Å². The van der Waals surface area contributed by atoms with Crippen LogP contribution in [0.25, 0.3) is 0 Å². The van der Waals surface area contributed by atoms with Crippen LogP contribution in [0.4, 0.5) is 5.13 Å². The van der Waals surface area contributed by atoms with E-state index in [4.69, 9.17) is 10.5 Å². The first kappa shape index (κ1) is 12.7. The maximum absolute atomic E-state index is 5.58. The van der Waals surface area contributed by atoms with Crippen LogP contribution in [0.15, 0.2) is 6.20 Å². The monoisotopic (exact) mass is 249 g/mol. The molecule has 15 heavy (non-hydrogen) atoms. The number of rotatable bonds is 2. The van der Waals surface area contributed by atoms with Crippen LogP contribution in [0.2, 0.25) is 0 Å². The van der Waals surface area contributed by atoms with Crippen molar-refractivity contribution in [1.82, 2.24) is 9.88 Å². The van der Waals surface area contributed by atoms with Crippen molar-refractivity contribution in [2.24, 2.45) is 0 Å². The van der Waals surface area contributed by atoms with Crippen LogP contribution >= 0.6 is 23.7 Å². The molecule has 0 amide bonds. The maximum atomic E-state index is 5.58. The quantitative estimate of drug-likeness (QED) is 0.860. The van der Waals surface area contributed by atoms with E-state index >= 15 is 0 Å². The summed E-state index contributed by atoms with van der Waals surface area (Å²) in [5, 5.41) is 0.654. The number of thiazole rings is 1. The number of halogens is 1. The molecule has 0 aliphatic carbocycles. The Bertz CT molecular complexity index is 307. The molecule has 1 fully saturated rings. The summed E-state index contributed by atoms with van der Waals surface area (Å²) in [5.74, 6) is 0. The summed E-state index contributed by atoms with van der Waals surface area (Å²) < 4.78 is 5.38. The van der Waals surface area contributed by atoms with Crippen LogP contribution in [0.5, 0.6) is 0 Å². The zero-order valence-corrected chi connectivity index (χ0v) is 10.3. The molecule has 1 saturated heterocycles. The third-order valence-corrected chi connectivity index (χ3v) is 3.25. The standard InChI is InChI=1S/C9H15N3OS.ClH/c1-7-6-13-3-2-12(7)5-8-4-11-9(10)14-8;/h4,7H,2-3,5-6H2,1H3,(H2,10,11);1H. The van der Waals surface area contributed by atoms with Crippen molar-refractivity contribution in [3.63, 3.8) is 0 Å². The Morgan fingerprint density at radius 1 is 1.73 bits per heavy atom. The molecule has 4 nitrogen and oxygen atoms in total. The summed E-state index contributed by atoms with van der Waals surface area (Å²) in [6.07, 6.45) is 1.86. The van der Waals surface area contributed by atoms with Crippen LogP contribution < -0.4 is 5.73 Å². The predicted octanol–water partition coefficient (Wildman–Crippen LogP) is 1.37. The van der Waals surface area contributed by atoms with Gasteiger partial charge in [-0.05, 0) is 6.92 Å². The summed E-state index contributed by atoms with van der Waals surface area (Å²) in [6, 6.07) is 0.493. The van der Waals surface area contributed by atoms with E-state index in [9.17, 15) is 0 Å². The molecule has 2 N–H and O–H groups in total. The molecule has 1 aromatic rings. The van der Waals surface area contributed by atoms with Crippen molar-refractivity contribution in [3.05, 3.63) is 11.1 Å². The summed E-state index contributed by atoms with van der Waals surface area (Å²) in [6.45, 7) is 5.79. The minimum atomic E-state index is 0. The molecule has 2 heterocycles. The molecular formula is C9H16ClN3OS. The predicted molar refractivity (Wildman–Crippen MR) is 64.5 cm³/mol. The lowest BCUT2D eigenvalue weighted by Crippen LogP contribution is -2.42. The van der Waals surface area contributed by atoms with Crippen LogP contribution in [0, 0.1) is 0 Å². The van der Waals surface area contributed by atoms with E-state index in [0.29, 0.717) is 11.2 Å². The lowest BCUT2D eigenvalue weighted by molar-refractivity contribution is -0.00393. The van der Waals surface area contributed by atoms with Gasteiger partial charge in [0.25, 0.3) is 0 Å². The second-order valence-corrected chi connectivity index (χ2v) is 4.71. The number of aromatic nitrogens is 1. The Balaban J connectivity index is 0.00000112. The number of ether oxygens (including phenoxy) is 1. The van der Waals surface area contributed by atoms with Crippen LogP contribution in [0.1, 0.15) is 11.8 Å². The van der Waals surface area contributed by atoms with Gasteiger partial charge in [-0.25, -0.2) is 4.98 Å². The van der Waals surface area contributed by atoms with Crippen molar-refractivity contribution >= 4 is 28.9 Å². The van der Waals surface area contributed by atoms with Gasteiger partial charge in [-0.1, -0.05) is 0 Å². The molecule has 1 aliphatic rings. The Morgan fingerprint density at radius 3 is 3.13 bits per heavy atom. The molecular weight excluding hydrogens is 234 g/mol. The summed E-state index contributed by atoms with van der Waals surface area (Å²) in [4.78, 5) is 7.68. The van der Waals surface area contributed by atoms with Gasteiger partial charge in [0.15, 0.2) is 5.13 Å². The van der Waals surface area contributed by atoms with Gasteiger partial charge in [-0.2, -0.15) is 0 Å². The first-order valence-electron chi connectivity index (χ1n) is 4.77. The molecule has 0 radical (unpaired) electrons. The van der Waals surface area contributed by atoms with Gasteiger partial charge in [0.05, 0.1) is 13.2 Å². The van der Waals surface area contributed by atoms with Gasteiger partial charge in [-0.3, -0.25) is 4.90 Å². The largest absolute Gasteiger partial charge is 0.379 e. The molecule has 0 bridgehead atoms. The average molecular weight is 250 g/mol. The molecule has 6 heteroatoms. The van der Waals surface area contributed by atoms with E-state index in [0.717, 1.165) is 26.3 Å². The van der Waals surface area contributed by atoms with Crippen LogP contribution in [-0.4, -0.2) is 35.7 Å². The zero-order chi connectivity index (χ0) is 9.97. The summed E-state index contributed by atoms with van der Waals surface area (Å²) in [5.41, 5.74) is 5.58.